The van der Waals surface area contributed by atoms with Crippen LogP contribution >= 0.6 is 0 Å². The van der Waals surface area contributed by atoms with Crippen LogP contribution in [0.2, 0.25) is 0 Å². The van der Waals surface area contributed by atoms with Gasteiger partial charge in [0.1, 0.15) is 6.54 Å². The number of carboxylic acids is 1. The normalized spacial score (nSPS) is 24.5. The van der Waals surface area contributed by atoms with Crippen LogP contribution in [0.15, 0.2) is 0 Å². The highest BCUT2D eigenvalue weighted by atomic mass is 16.5. The van der Waals surface area contributed by atoms with Crippen LogP contribution in [0.1, 0.15) is 20.8 Å². The Labute approximate surface area is 101 Å². The number of ether oxygens (including phenoxy) is 1. The van der Waals surface area contributed by atoms with Crippen LogP contribution < -0.4 is 0 Å². The molecular formula is C11H20N2O4. The van der Waals surface area contributed by atoms with Crippen molar-refractivity contribution in [2.24, 2.45) is 0 Å². The number of amides is 2. The summed E-state index contributed by atoms with van der Waals surface area (Å²) in [6, 6.07) is -0.225. The summed E-state index contributed by atoms with van der Waals surface area (Å²) in [5.74, 6) is -0.991. The highest BCUT2D eigenvalue weighted by Gasteiger charge is 2.29. The number of carbonyl (C=O) groups excluding carboxylic acids is 1. The third-order valence-corrected chi connectivity index (χ3v) is 2.67. The number of rotatable bonds is 3. The second-order valence-corrected chi connectivity index (χ2v) is 4.35. The molecule has 0 saturated carbocycles. The molecule has 1 heterocycles. The Balaban J connectivity index is 2.63. The average molecular weight is 244 g/mol. The number of hydrogen-bond donors (Lipinski definition) is 1. The van der Waals surface area contributed by atoms with Crippen molar-refractivity contribution >= 4 is 12.0 Å². The SMILES string of the molecule is CCN(CC(=O)O)C(=O)N1C[C@@H](C)O[C@@H](C)C1. The van der Waals surface area contributed by atoms with Crippen LogP contribution in [0.4, 0.5) is 4.79 Å². The van der Waals surface area contributed by atoms with Crippen LogP contribution in [-0.4, -0.2) is 65.3 Å². The summed E-state index contributed by atoms with van der Waals surface area (Å²) >= 11 is 0. The second kappa shape index (κ2) is 5.86. The molecule has 0 aromatic rings. The third kappa shape index (κ3) is 3.89. The van der Waals surface area contributed by atoms with Crippen molar-refractivity contribution in [1.82, 2.24) is 9.80 Å². The minimum Gasteiger partial charge on any atom is -0.480 e. The Kier molecular flexibility index (Phi) is 4.74. The Hall–Kier alpha value is -1.30. The zero-order valence-corrected chi connectivity index (χ0v) is 10.5. The van der Waals surface area contributed by atoms with Crippen molar-refractivity contribution in [2.45, 2.75) is 33.0 Å². The molecule has 17 heavy (non-hydrogen) atoms. The van der Waals surface area contributed by atoms with Crippen molar-refractivity contribution in [3.63, 3.8) is 0 Å². The molecule has 0 aliphatic carbocycles. The Morgan fingerprint density at radius 1 is 1.35 bits per heavy atom. The standard InChI is InChI=1S/C11H20N2O4/c1-4-12(7-10(14)15)11(16)13-5-8(2)17-9(3)6-13/h8-9H,4-7H2,1-3H3,(H,14,15)/t8-,9+. The lowest BCUT2D eigenvalue weighted by Crippen LogP contribution is -2.53. The molecule has 2 atom stereocenters. The molecule has 6 nitrogen and oxygen atoms in total. The van der Waals surface area contributed by atoms with Crippen LogP contribution in [0.5, 0.6) is 0 Å². The van der Waals surface area contributed by atoms with E-state index in [0.29, 0.717) is 19.6 Å². The minimum absolute atomic E-state index is 0.00812. The molecule has 1 aliphatic heterocycles. The highest BCUT2D eigenvalue weighted by molar-refractivity contribution is 5.80. The summed E-state index contributed by atoms with van der Waals surface area (Å²) in [5, 5.41) is 8.73. The first-order valence-corrected chi connectivity index (χ1v) is 5.85. The molecule has 2 amide bonds. The molecule has 1 saturated heterocycles. The van der Waals surface area contributed by atoms with Gasteiger partial charge in [0.2, 0.25) is 0 Å². The highest BCUT2D eigenvalue weighted by Crippen LogP contribution is 2.12. The molecular weight excluding hydrogens is 224 g/mol. The molecule has 0 spiro atoms. The number of carbonyl (C=O) groups is 2. The summed E-state index contributed by atoms with van der Waals surface area (Å²) in [6.07, 6.45) is -0.0162. The summed E-state index contributed by atoms with van der Waals surface area (Å²) in [5.41, 5.74) is 0. The maximum Gasteiger partial charge on any atom is 0.323 e. The smallest absolute Gasteiger partial charge is 0.323 e. The van der Waals surface area contributed by atoms with Gasteiger partial charge in [0.15, 0.2) is 0 Å². The van der Waals surface area contributed by atoms with Gasteiger partial charge in [0.25, 0.3) is 0 Å². The lowest BCUT2D eigenvalue weighted by Gasteiger charge is -2.37. The maximum atomic E-state index is 12.1. The molecule has 0 unspecified atom stereocenters. The van der Waals surface area contributed by atoms with Gasteiger partial charge in [0, 0.05) is 19.6 Å². The maximum absolute atomic E-state index is 12.1. The van der Waals surface area contributed by atoms with Crippen LogP contribution in [-0.2, 0) is 9.53 Å². The van der Waals surface area contributed by atoms with Gasteiger partial charge >= 0.3 is 12.0 Å². The molecule has 1 N–H and O–H groups in total. The van der Waals surface area contributed by atoms with Crippen LogP contribution in [0.3, 0.4) is 0 Å². The van der Waals surface area contributed by atoms with E-state index in [0.717, 1.165) is 0 Å². The second-order valence-electron chi connectivity index (χ2n) is 4.35. The van der Waals surface area contributed by atoms with E-state index in [-0.39, 0.29) is 24.8 Å². The fraction of sp³-hybridized carbons (Fsp3) is 0.818. The fourth-order valence-electron chi connectivity index (χ4n) is 2.01. The number of likely N-dealkylation sites (N-methyl/N-ethyl adjacent to an activating group) is 1. The molecule has 0 radical (unpaired) electrons. The van der Waals surface area contributed by atoms with Gasteiger partial charge in [-0.1, -0.05) is 0 Å². The van der Waals surface area contributed by atoms with Gasteiger partial charge in [-0.3, -0.25) is 4.79 Å². The Morgan fingerprint density at radius 2 is 1.88 bits per heavy atom. The number of morpholine rings is 1. The zero-order chi connectivity index (χ0) is 13.0. The monoisotopic (exact) mass is 244 g/mol. The van der Waals surface area contributed by atoms with Gasteiger partial charge in [0.05, 0.1) is 12.2 Å². The molecule has 1 rings (SSSR count). The van der Waals surface area contributed by atoms with E-state index in [1.54, 1.807) is 11.8 Å². The van der Waals surface area contributed by atoms with Crippen molar-refractivity contribution in [3.05, 3.63) is 0 Å². The molecule has 1 aliphatic rings. The molecule has 0 aromatic heterocycles. The first kappa shape index (κ1) is 13.8. The summed E-state index contributed by atoms with van der Waals surface area (Å²) in [7, 11) is 0. The van der Waals surface area contributed by atoms with E-state index in [1.807, 2.05) is 13.8 Å². The Morgan fingerprint density at radius 3 is 2.29 bits per heavy atom. The average Bonchev–Trinajstić information content (AvgIpc) is 2.23. The van der Waals surface area contributed by atoms with E-state index in [9.17, 15) is 9.59 Å². The van der Waals surface area contributed by atoms with Gasteiger partial charge in [-0.25, -0.2) is 4.79 Å². The van der Waals surface area contributed by atoms with E-state index in [1.165, 1.54) is 4.90 Å². The van der Waals surface area contributed by atoms with Crippen LogP contribution in [0, 0.1) is 0 Å². The topological polar surface area (TPSA) is 70.1 Å². The number of aliphatic carboxylic acids is 1. The number of hydrogen-bond acceptors (Lipinski definition) is 3. The quantitative estimate of drug-likeness (QED) is 0.790. The van der Waals surface area contributed by atoms with Crippen molar-refractivity contribution in [3.8, 4) is 0 Å². The fourth-order valence-corrected chi connectivity index (χ4v) is 2.01. The van der Waals surface area contributed by atoms with Gasteiger partial charge in [-0.15, -0.1) is 0 Å². The summed E-state index contributed by atoms with van der Waals surface area (Å²) in [4.78, 5) is 25.7. The van der Waals surface area contributed by atoms with E-state index < -0.39 is 5.97 Å². The lowest BCUT2D eigenvalue weighted by atomic mass is 10.2. The molecule has 0 bridgehead atoms. The van der Waals surface area contributed by atoms with Gasteiger partial charge < -0.3 is 19.6 Å². The minimum atomic E-state index is -0.991. The predicted octanol–water partition coefficient (Wildman–Crippen LogP) is 0.622. The first-order chi connectivity index (χ1) is 7.93. The molecule has 98 valence electrons. The summed E-state index contributed by atoms with van der Waals surface area (Å²) in [6.45, 7) is 6.75. The van der Waals surface area contributed by atoms with E-state index in [2.05, 4.69) is 0 Å². The lowest BCUT2D eigenvalue weighted by molar-refractivity contribution is -0.137. The van der Waals surface area contributed by atoms with E-state index >= 15 is 0 Å². The molecule has 1 fully saturated rings. The van der Waals surface area contributed by atoms with Gasteiger partial charge in [-0.05, 0) is 20.8 Å². The predicted molar refractivity (Wildman–Crippen MR) is 61.9 cm³/mol. The number of nitrogens with zero attached hydrogens (tertiary/aromatic N) is 2. The zero-order valence-electron chi connectivity index (χ0n) is 10.5. The number of carboxylic acid groups (broad SMARTS) is 1. The largest absolute Gasteiger partial charge is 0.480 e. The molecule has 6 heteroatoms. The van der Waals surface area contributed by atoms with Crippen molar-refractivity contribution in [1.29, 1.82) is 0 Å². The van der Waals surface area contributed by atoms with Crippen LogP contribution in [0.25, 0.3) is 0 Å². The summed E-state index contributed by atoms with van der Waals surface area (Å²) < 4.78 is 5.53. The Bertz CT molecular complexity index is 285. The third-order valence-electron chi connectivity index (χ3n) is 2.67. The number of urea groups is 1. The van der Waals surface area contributed by atoms with E-state index in [4.69, 9.17) is 9.84 Å². The van der Waals surface area contributed by atoms with Crippen molar-refractivity contribution in [2.75, 3.05) is 26.2 Å². The first-order valence-electron chi connectivity index (χ1n) is 5.85. The van der Waals surface area contributed by atoms with Gasteiger partial charge in [-0.2, -0.15) is 0 Å². The molecule has 0 aromatic carbocycles. The van der Waals surface area contributed by atoms with Crippen molar-refractivity contribution < 1.29 is 19.4 Å².